The summed E-state index contributed by atoms with van der Waals surface area (Å²) in [5.74, 6) is 0.558. The van der Waals surface area contributed by atoms with Crippen molar-refractivity contribution in [3.8, 4) is 11.4 Å². The second-order valence-corrected chi connectivity index (χ2v) is 5.91. The van der Waals surface area contributed by atoms with Crippen molar-refractivity contribution >= 4 is 39.3 Å². The van der Waals surface area contributed by atoms with Crippen LogP contribution < -0.4 is 5.32 Å². The van der Waals surface area contributed by atoms with E-state index >= 15 is 0 Å². The number of benzene rings is 1. The van der Waals surface area contributed by atoms with Crippen molar-refractivity contribution in [2.45, 2.75) is 6.54 Å². The Morgan fingerprint density at radius 3 is 2.70 bits per heavy atom. The number of nitrogens with one attached hydrogen (secondary N) is 1. The fourth-order valence-electron chi connectivity index (χ4n) is 1.79. The molecule has 0 atom stereocenters. The van der Waals surface area contributed by atoms with Crippen molar-refractivity contribution in [2.75, 3.05) is 5.32 Å². The van der Waals surface area contributed by atoms with Crippen LogP contribution in [-0.2, 0) is 11.3 Å². The van der Waals surface area contributed by atoms with Crippen molar-refractivity contribution in [3.05, 3.63) is 52.1 Å². The zero-order chi connectivity index (χ0) is 16.2. The second-order valence-electron chi connectivity index (χ2n) is 4.56. The molecular formula is C14H10BrClN6O. The van der Waals surface area contributed by atoms with Gasteiger partial charge in [-0.1, -0.05) is 27.5 Å². The molecule has 0 saturated carbocycles. The van der Waals surface area contributed by atoms with E-state index in [0.29, 0.717) is 16.7 Å². The van der Waals surface area contributed by atoms with Crippen LogP contribution in [0.15, 0.2) is 47.1 Å². The van der Waals surface area contributed by atoms with Gasteiger partial charge < -0.3 is 5.32 Å². The highest BCUT2D eigenvalue weighted by Gasteiger charge is 2.10. The van der Waals surface area contributed by atoms with E-state index in [1.165, 1.54) is 11.0 Å². The summed E-state index contributed by atoms with van der Waals surface area (Å²) in [5, 5.41) is 15.1. The number of halogens is 2. The summed E-state index contributed by atoms with van der Waals surface area (Å²) >= 11 is 9.10. The fraction of sp³-hybridized carbons (Fsp3) is 0.0714. The highest BCUT2D eigenvalue weighted by molar-refractivity contribution is 9.10. The third-order valence-electron chi connectivity index (χ3n) is 2.84. The fourth-order valence-corrected chi connectivity index (χ4v) is 2.16. The number of rotatable bonds is 4. The van der Waals surface area contributed by atoms with Crippen molar-refractivity contribution in [3.63, 3.8) is 0 Å². The van der Waals surface area contributed by atoms with E-state index in [1.54, 1.807) is 12.1 Å². The molecule has 7 nitrogen and oxygen atoms in total. The zero-order valence-electron chi connectivity index (χ0n) is 11.6. The number of tetrazole rings is 1. The van der Waals surface area contributed by atoms with Crippen LogP contribution in [0.3, 0.4) is 0 Å². The summed E-state index contributed by atoms with van der Waals surface area (Å²) < 4.78 is 0.962. The SMILES string of the molecule is O=C(Cn1nnc(-c2ccc(Br)cc2)n1)Nc1ccc(Cl)cn1. The molecule has 0 aliphatic heterocycles. The van der Waals surface area contributed by atoms with Crippen molar-refractivity contribution < 1.29 is 4.79 Å². The maximum atomic E-state index is 11.9. The van der Waals surface area contributed by atoms with Gasteiger partial charge in [0.15, 0.2) is 0 Å². The topological polar surface area (TPSA) is 85.6 Å². The van der Waals surface area contributed by atoms with Crippen LogP contribution in [0, 0.1) is 0 Å². The monoisotopic (exact) mass is 392 g/mol. The van der Waals surface area contributed by atoms with E-state index in [4.69, 9.17) is 11.6 Å². The maximum absolute atomic E-state index is 11.9. The third kappa shape index (κ3) is 4.11. The minimum absolute atomic E-state index is 0.0617. The molecule has 9 heteroatoms. The molecule has 1 N–H and O–H groups in total. The smallest absolute Gasteiger partial charge is 0.249 e. The average molecular weight is 394 g/mol. The number of anilines is 1. The van der Waals surface area contributed by atoms with Crippen molar-refractivity contribution in [2.24, 2.45) is 0 Å². The first-order chi connectivity index (χ1) is 11.1. The van der Waals surface area contributed by atoms with E-state index < -0.39 is 0 Å². The van der Waals surface area contributed by atoms with Gasteiger partial charge >= 0.3 is 0 Å². The molecule has 0 aliphatic carbocycles. The second kappa shape index (κ2) is 6.84. The Bertz CT molecular complexity index is 818. The number of hydrogen-bond acceptors (Lipinski definition) is 5. The molecule has 116 valence electrons. The van der Waals surface area contributed by atoms with Crippen molar-refractivity contribution in [1.29, 1.82) is 0 Å². The van der Waals surface area contributed by atoms with Gasteiger partial charge in [-0.05, 0) is 41.6 Å². The molecule has 0 spiro atoms. The lowest BCUT2D eigenvalue weighted by atomic mass is 10.2. The lowest BCUT2D eigenvalue weighted by Crippen LogP contribution is -2.21. The lowest BCUT2D eigenvalue weighted by molar-refractivity contribution is -0.117. The van der Waals surface area contributed by atoms with Crippen molar-refractivity contribution in [1.82, 2.24) is 25.2 Å². The van der Waals surface area contributed by atoms with Gasteiger partial charge in [-0.25, -0.2) is 4.98 Å². The average Bonchev–Trinajstić information content (AvgIpc) is 2.98. The molecule has 3 aromatic rings. The largest absolute Gasteiger partial charge is 0.309 e. The van der Waals surface area contributed by atoms with Crippen LogP contribution in [0.1, 0.15) is 0 Å². The number of carbonyl (C=O) groups excluding carboxylic acids is 1. The minimum atomic E-state index is -0.306. The number of amides is 1. The Balaban J connectivity index is 1.65. The van der Waals surface area contributed by atoms with E-state index in [2.05, 4.69) is 41.6 Å². The zero-order valence-corrected chi connectivity index (χ0v) is 14.0. The molecule has 1 amide bonds. The highest BCUT2D eigenvalue weighted by atomic mass is 79.9. The molecule has 2 aromatic heterocycles. The van der Waals surface area contributed by atoms with E-state index in [-0.39, 0.29) is 12.5 Å². The molecule has 3 rings (SSSR count). The predicted octanol–water partition coefficient (Wildman–Crippen LogP) is 2.79. The molecule has 0 unspecified atom stereocenters. The highest BCUT2D eigenvalue weighted by Crippen LogP contribution is 2.17. The van der Waals surface area contributed by atoms with E-state index in [0.717, 1.165) is 10.0 Å². The van der Waals surface area contributed by atoms with E-state index in [9.17, 15) is 4.79 Å². The first kappa shape index (κ1) is 15.6. The molecule has 0 fully saturated rings. The molecule has 0 saturated heterocycles. The molecule has 2 heterocycles. The number of aromatic nitrogens is 5. The van der Waals surface area contributed by atoms with Crippen LogP contribution in [0.25, 0.3) is 11.4 Å². The Morgan fingerprint density at radius 1 is 1.22 bits per heavy atom. The van der Waals surface area contributed by atoms with E-state index in [1.807, 2.05) is 24.3 Å². The Morgan fingerprint density at radius 2 is 2.00 bits per heavy atom. The lowest BCUT2D eigenvalue weighted by Gasteiger charge is -2.03. The first-order valence-corrected chi connectivity index (χ1v) is 7.72. The molecule has 0 radical (unpaired) electrons. The molecular weight excluding hydrogens is 384 g/mol. The molecule has 0 bridgehead atoms. The Hall–Kier alpha value is -2.32. The van der Waals surface area contributed by atoms with Gasteiger partial charge in [0.25, 0.3) is 0 Å². The maximum Gasteiger partial charge on any atom is 0.249 e. The van der Waals surface area contributed by atoms with Gasteiger partial charge in [-0.3, -0.25) is 4.79 Å². The number of pyridine rings is 1. The summed E-state index contributed by atoms with van der Waals surface area (Å²) in [6.07, 6.45) is 1.45. The van der Waals surface area contributed by atoms with Crippen LogP contribution in [0.2, 0.25) is 5.02 Å². The van der Waals surface area contributed by atoms with Crippen LogP contribution >= 0.6 is 27.5 Å². The summed E-state index contributed by atoms with van der Waals surface area (Å²) in [5.41, 5.74) is 0.819. The molecule has 0 aliphatic rings. The van der Waals surface area contributed by atoms with Gasteiger partial charge in [0.1, 0.15) is 12.4 Å². The van der Waals surface area contributed by atoms with Gasteiger partial charge in [0.2, 0.25) is 11.7 Å². The summed E-state index contributed by atoms with van der Waals surface area (Å²) in [6.45, 7) is -0.0617. The van der Waals surface area contributed by atoms with Crippen LogP contribution in [0.4, 0.5) is 5.82 Å². The minimum Gasteiger partial charge on any atom is -0.309 e. The first-order valence-electron chi connectivity index (χ1n) is 6.55. The Labute approximate surface area is 144 Å². The molecule has 23 heavy (non-hydrogen) atoms. The Kier molecular flexibility index (Phi) is 4.63. The van der Waals surface area contributed by atoms with Crippen LogP contribution in [0.5, 0.6) is 0 Å². The number of hydrogen-bond donors (Lipinski definition) is 1. The van der Waals surface area contributed by atoms with Gasteiger partial charge in [0, 0.05) is 16.2 Å². The van der Waals surface area contributed by atoms with Gasteiger partial charge in [0.05, 0.1) is 5.02 Å². The number of carbonyl (C=O) groups is 1. The van der Waals surface area contributed by atoms with Crippen LogP contribution in [-0.4, -0.2) is 31.1 Å². The number of nitrogens with zero attached hydrogens (tertiary/aromatic N) is 5. The van der Waals surface area contributed by atoms with Gasteiger partial charge in [-0.15, -0.1) is 10.2 Å². The van der Waals surface area contributed by atoms with Gasteiger partial charge in [-0.2, -0.15) is 4.80 Å². The quantitative estimate of drug-likeness (QED) is 0.736. The summed E-state index contributed by atoms with van der Waals surface area (Å²) in [4.78, 5) is 17.2. The molecule has 1 aromatic carbocycles. The summed E-state index contributed by atoms with van der Waals surface area (Å²) in [6, 6.07) is 10.8. The standard InChI is InChI=1S/C14H10BrClN6O/c15-10-3-1-9(2-4-10)14-19-21-22(20-14)8-13(23)18-12-6-5-11(16)7-17-12/h1-7H,8H2,(H,17,18,23). The predicted molar refractivity (Wildman–Crippen MR) is 88.8 cm³/mol. The third-order valence-corrected chi connectivity index (χ3v) is 3.59. The normalized spacial score (nSPS) is 10.5. The summed E-state index contributed by atoms with van der Waals surface area (Å²) in [7, 11) is 0.